The van der Waals surface area contributed by atoms with E-state index in [-0.39, 0.29) is 0 Å². The third-order valence-corrected chi connectivity index (χ3v) is 2.88. The molecule has 0 amide bonds. The van der Waals surface area contributed by atoms with Crippen molar-refractivity contribution in [2.75, 3.05) is 12.9 Å². The Hall–Kier alpha value is -0.890. The van der Waals surface area contributed by atoms with Crippen LogP contribution in [0.15, 0.2) is 29.2 Å². The minimum absolute atomic E-state index is 0.941. The van der Waals surface area contributed by atoms with Crippen LogP contribution < -0.4 is 4.74 Å². The highest BCUT2D eigenvalue weighted by molar-refractivity contribution is 7.99. The number of hydrogen-bond acceptors (Lipinski definition) is 2. The van der Waals surface area contributed by atoms with Crippen LogP contribution in [-0.4, -0.2) is 12.9 Å². The molecule has 0 saturated carbocycles. The Bertz CT molecular complexity index is 318. The van der Waals surface area contributed by atoms with Crippen molar-refractivity contribution >= 4 is 17.8 Å². The summed E-state index contributed by atoms with van der Waals surface area (Å²) in [6, 6.07) is 6.18. The van der Waals surface area contributed by atoms with Gasteiger partial charge in [-0.15, -0.1) is 11.8 Å². The highest BCUT2D eigenvalue weighted by Gasteiger charge is 2.05. The van der Waals surface area contributed by atoms with Crippen LogP contribution >= 0.6 is 11.8 Å². The van der Waals surface area contributed by atoms with Gasteiger partial charge in [0.25, 0.3) is 0 Å². The van der Waals surface area contributed by atoms with Gasteiger partial charge in [0.2, 0.25) is 0 Å². The molecule has 1 aromatic rings. The first-order chi connectivity index (χ1) is 5.90. The predicted octanol–water partition coefficient (Wildman–Crippen LogP) is 2.81. The molecule has 0 radical (unpaired) electrons. The molecule has 1 heterocycles. The van der Waals surface area contributed by atoms with E-state index >= 15 is 0 Å². The van der Waals surface area contributed by atoms with Crippen LogP contribution in [0.3, 0.4) is 0 Å². The van der Waals surface area contributed by atoms with Crippen molar-refractivity contribution in [3.8, 4) is 5.75 Å². The van der Waals surface area contributed by atoms with Gasteiger partial charge in [0, 0.05) is 10.6 Å². The Morgan fingerprint density at radius 3 is 3.17 bits per heavy atom. The second-order valence-corrected chi connectivity index (χ2v) is 3.68. The first kappa shape index (κ1) is 7.74. The van der Waals surface area contributed by atoms with Crippen molar-refractivity contribution in [1.29, 1.82) is 0 Å². The Balaban J connectivity index is 2.44. The summed E-state index contributed by atoms with van der Waals surface area (Å²) in [6.45, 7) is 0. The third kappa shape index (κ3) is 1.34. The first-order valence-corrected chi connectivity index (χ1v) is 4.86. The monoisotopic (exact) mass is 178 g/mol. The minimum Gasteiger partial charge on any atom is -0.497 e. The molecule has 0 spiro atoms. The van der Waals surface area contributed by atoms with Crippen LogP contribution in [0.25, 0.3) is 6.08 Å². The fourth-order valence-corrected chi connectivity index (χ4v) is 2.09. The number of fused-ring (bicyclic) bond motifs is 1. The lowest BCUT2D eigenvalue weighted by Gasteiger charge is -2.10. The highest BCUT2D eigenvalue weighted by atomic mass is 32.2. The van der Waals surface area contributed by atoms with E-state index in [1.807, 2.05) is 17.8 Å². The van der Waals surface area contributed by atoms with E-state index in [4.69, 9.17) is 4.74 Å². The van der Waals surface area contributed by atoms with Crippen molar-refractivity contribution < 1.29 is 4.74 Å². The summed E-state index contributed by atoms with van der Waals surface area (Å²) in [6.07, 6.45) is 4.34. The summed E-state index contributed by atoms with van der Waals surface area (Å²) in [5, 5.41) is 0. The molecule has 0 saturated heterocycles. The van der Waals surface area contributed by atoms with Crippen molar-refractivity contribution in [3.63, 3.8) is 0 Å². The second-order valence-electron chi connectivity index (χ2n) is 2.62. The van der Waals surface area contributed by atoms with E-state index in [1.165, 1.54) is 10.5 Å². The van der Waals surface area contributed by atoms with Gasteiger partial charge in [-0.05, 0) is 17.7 Å². The zero-order valence-corrected chi connectivity index (χ0v) is 7.73. The summed E-state index contributed by atoms with van der Waals surface area (Å²) in [7, 11) is 1.70. The SMILES string of the molecule is COc1ccc2c(c1)SCC=C2. The zero-order chi connectivity index (χ0) is 8.39. The van der Waals surface area contributed by atoms with Crippen LogP contribution in [0.1, 0.15) is 5.56 Å². The van der Waals surface area contributed by atoms with E-state index in [2.05, 4.69) is 24.3 Å². The fourth-order valence-electron chi connectivity index (χ4n) is 1.22. The fraction of sp³-hybridized carbons (Fsp3) is 0.200. The molecule has 2 rings (SSSR count). The number of benzene rings is 1. The Morgan fingerprint density at radius 1 is 1.42 bits per heavy atom. The summed E-state index contributed by atoms with van der Waals surface area (Å²) in [5.41, 5.74) is 1.30. The maximum absolute atomic E-state index is 5.14. The van der Waals surface area contributed by atoms with Gasteiger partial charge in [-0.25, -0.2) is 0 Å². The van der Waals surface area contributed by atoms with Crippen molar-refractivity contribution in [2.24, 2.45) is 0 Å². The van der Waals surface area contributed by atoms with Gasteiger partial charge in [-0.1, -0.05) is 18.2 Å². The van der Waals surface area contributed by atoms with Gasteiger partial charge < -0.3 is 4.74 Å². The molecular formula is C10H10OS. The maximum Gasteiger partial charge on any atom is 0.120 e. The minimum atomic E-state index is 0.941. The van der Waals surface area contributed by atoms with E-state index in [1.54, 1.807) is 7.11 Å². The lowest BCUT2D eigenvalue weighted by molar-refractivity contribution is 0.413. The molecule has 0 fully saturated rings. The first-order valence-electron chi connectivity index (χ1n) is 3.87. The van der Waals surface area contributed by atoms with E-state index < -0.39 is 0 Å². The van der Waals surface area contributed by atoms with Gasteiger partial charge in [-0.3, -0.25) is 0 Å². The maximum atomic E-state index is 5.14. The quantitative estimate of drug-likeness (QED) is 0.654. The largest absolute Gasteiger partial charge is 0.497 e. The standard InChI is InChI=1S/C10H10OS/c1-11-9-5-4-8-3-2-6-12-10(8)7-9/h2-5,7H,6H2,1H3. The number of rotatable bonds is 1. The molecule has 0 bridgehead atoms. The average Bonchev–Trinajstić information content (AvgIpc) is 2.17. The molecule has 0 N–H and O–H groups in total. The van der Waals surface area contributed by atoms with Crippen LogP contribution in [0.2, 0.25) is 0 Å². The molecule has 2 heteroatoms. The molecule has 1 aliphatic heterocycles. The van der Waals surface area contributed by atoms with E-state index in [0.717, 1.165) is 11.5 Å². The molecule has 0 aliphatic carbocycles. The van der Waals surface area contributed by atoms with E-state index in [9.17, 15) is 0 Å². The number of hydrogen-bond donors (Lipinski definition) is 0. The van der Waals surface area contributed by atoms with Gasteiger partial charge in [0.15, 0.2) is 0 Å². The molecule has 1 aliphatic rings. The van der Waals surface area contributed by atoms with Gasteiger partial charge in [0.05, 0.1) is 7.11 Å². The molecule has 0 atom stereocenters. The predicted molar refractivity (Wildman–Crippen MR) is 52.8 cm³/mol. The normalized spacial score (nSPS) is 14.1. The number of ether oxygens (including phenoxy) is 1. The van der Waals surface area contributed by atoms with Crippen LogP contribution in [0, 0.1) is 0 Å². The van der Waals surface area contributed by atoms with Crippen molar-refractivity contribution in [1.82, 2.24) is 0 Å². The molecule has 12 heavy (non-hydrogen) atoms. The Morgan fingerprint density at radius 2 is 2.33 bits per heavy atom. The summed E-state index contributed by atoms with van der Waals surface area (Å²) >= 11 is 1.85. The topological polar surface area (TPSA) is 9.23 Å². The summed E-state index contributed by atoms with van der Waals surface area (Å²) in [4.78, 5) is 1.32. The molecular weight excluding hydrogens is 168 g/mol. The molecule has 1 nitrogen and oxygen atoms in total. The Labute approximate surface area is 76.4 Å². The summed E-state index contributed by atoms with van der Waals surface area (Å²) in [5.74, 6) is 2.01. The molecule has 1 aromatic carbocycles. The van der Waals surface area contributed by atoms with Crippen molar-refractivity contribution in [3.05, 3.63) is 29.8 Å². The molecule has 62 valence electrons. The van der Waals surface area contributed by atoms with Gasteiger partial charge in [0.1, 0.15) is 5.75 Å². The summed E-state index contributed by atoms with van der Waals surface area (Å²) < 4.78 is 5.14. The van der Waals surface area contributed by atoms with Gasteiger partial charge >= 0.3 is 0 Å². The number of thioether (sulfide) groups is 1. The lowest BCUT2D eigenvalue weighted by Crippen LogP contribution is -1.89. The zero-order valence-electron chi connectivity index (χ0n) is 6.91. The van der Waals surface area contributed by atoms with Crippen LogP contribution in [-0.2, 0) is 0 Å². The number of methoxy groups -OCH3 is 1. The van der Waals surface area contributed by atoms with Gasteiger partial charge in [-0.2, -0.15) is 0 Å². The third-order valence-electron chi connectivity index (χ3n) is 1.85. The molecule has 0 aromatic heterocycles. The van der Waals surface area contributed by atoms with Crippen LogP contribution in [0.4, 0.5) is 0 Å². The Kier molecular flexibility index (Phi) is 2.09. The highest BCUT2D eigenvalue weighted by Crippen LogP contribution is 2.31. The molecule has 0 unspecified atom stereocenters. The van der Waals surface area contributed by atoms with E-state index in [0.29, 0.717) is 0 Å². The average molecular weight is 178 g/mol. The van der Waals surface area contributed by atoms with Crippen LogP contribution in [0.5, 0.6) is 5.75 Å². The van der Waals surface area contributed by atoms with Crippen molar-refractivity contribution in [2.45, 2.75) is 4.90 Å². The second kappa shape index (κ2) is 3.23. The smallest absolute Gasteiger partial charge is 0.120 e. The lowest BCUT2D eigenvalue weighted by atomic mass is 10.2.